The van der Waals surface area contributed by atoms with Crippen LogP contribution < -0.4 is 14.7 Å². The van der Waals surface area contributed by atoms with Gasteiger partial charge in [-0.2, -0.15) is 0 Å². The number of hydrogen-bond donors (Lipinski definition) is 1. The molecule has 1 aliphatic heterocycles. The molecule has 150 valence electrons. The molecular formula is C24H25NO4. The summed E-state index contributed by atoms with van der Waals surface area (Å²) in [5.74, 6) is 0.865. The smallest absolute Gasteiger partial charge is 0.232 e. The van der Waals surface area contributed by atoms with Gasteiger partial charge >= 0.3 is 0 Å². The highest BCUT2D eigenvalue weighted by molar-refractivity contribution is 6.14. The Morgan fingerprint density at radius 3 is 2.55 bits per heavy atom. The van der Waals surface area contributed by atoms with Gasteiger partial charge in [0.15, 0.2) is 5.76 Å². The van der Waals surface area contributed by atoms with E-state index in [1.165, 1.54) is 11.0 Å². The average molecular weight is 391 g/mol. The topological polar surface area (TPSA) is 66.9 Å². The Balaban J connectivity index is 1.66. The Morgan fingerprint density at radius 2 is 1.83 bits per heavy atom. The first-order valence-corrected chi connectivity index (χ1v) is 10.2. The molecule has 0 saturated carbocycles. The van der Waals surface area contributed by atoms with Crippen LogP contribution in [0.15, 0.2) is 52.6 Å². The predicted octanol–water partition coefficient (Wildman–Crippen LogP) is 3.33. The Hall–Kier alpha value is -3.05. The lowest BCUT2D eigenvalue weighted by molar-refractivity contribution is -0.914. The van der Waals surface area contributed by atoms with Gasteiger partial charge in [0.2, 0.25) is 5.78 Å². The zero-order valence-electron chi connectivity index (χ0n) is 16.8. The molecule has 29 heavy (non-hydrogen) atoms. The summed E-state index contributed by atoms with van der Waals surface area (Å²) in [7, 11) is 0. The third-order valence-corrected chi connectivity index (χ3v) is 5.25. The molecular weight excluding hydrogens is 366 g/mol. The maximum absolute atomic E-state index is 12.9. The van der Waals surface area contributed by atoms with Crippen LogP contribution in [0.2, 0.25) is 0 Å². The van der Waals surface area contributed by atoms with Crippen molar-refractivity contribution in [2.45, 2.75) is 33.2 Å². The molecule has 4 rings (SSSR count). The molecule has 0 saturated heterocycles. The van der Waals surface area contributed by atoms with Gasteiger partial charge in [-0.1, -0.05) is 43.9 Å². The number of ketones is 1. The molecule has 0 aliphatic carbocycles. The quantitative estimate of drug-likeness (QED) is 0.628. The van der Waals surface area contributed by atoms with Crippen LogP contribution in [0.1, 0.15) is 48.4 Å². The van der Waals surface area contributed by atoms with Crippen molar-refractivity contribution in [3.05, 3.63) is 65.1 Å². The summed E-state index contributed by atoms with van der Waals surface area (Å²) < 4.78 is 11.7. The predicted molar refractivity (Wildman–Crippen MR) is 110 cm³/mol. The van der Waals surface area contributed by atoms with Gasteiger partial charge in [0.25, 0.3) is 0 Å². The van der Waals surface area contributed by atoms with Crippen molar-refractivity contribution in [3.63, 3.8) is 0 Å². The van der Waals surface area contributed by atoms with E-state index in [4.69, 9.17) is 9.15 Å². The summed E-state index contributed by atoms with van der Waals surface area (Å²) >= 11 is 0. The number of allylic oxidation sites excluding steroid dienone is 1. The second-order valence-corrected chi connectivity index (χ2v) is 7.47. The molecule has 5 heteroatoms. The number of carbonyl (C=O) groups excluding carboxylic acids is 1. The van der Waals surface area contributed by atoms with E-state index in [1.54, 1.807) is 12.1 Å². The zero-order chi connectivity index (χ0) is 20.4. The van der Waals surface area contributed by atoms with E-state index >= 15 is 0 Å². The summed E-state index contributed by atoms with van der Waals surface area (Å²) in [5.41, 5.74) is 1.79. The number of furan rings is 1. The van der Waals surface area contributed by atoms with E-state index in [0.29, 0.717) is 29.2 Å². The van der Waals surface area contributed by atoms with Crippen molar-refractivity contribution < 1.29 is 24.0 Å². The van der Waals surface area contributed by atoms with Crippen molar-refractivity contribution in [3.8, 4) is 11.5 Å². The number of hydrogen-bond acceptors (Lipinski definition) is 4. The number of quaternary nitrogens is 1. The number of nitrogens with one attached hydrogen (secondary N) is 1. The van der Waals surface area contributed by atoms with Crippen molar-refractivity contribution in [2.24, 2.45) is 0 Å². The van der Waals surface area contributed by atoms with Gasteiger partial charge in [-0.25, -0.2) is 0 Å². The number of para-hydroxylation sites is 1. The lowest BCUT2D eigenvalue weighted by Gasteiger charge is -2.23. The highest BCUT2D eigenvalue weighted by atomic mass is 16.5. The Kier molecular flexibility index (Phi) is 5.41. The van der Waals surface area contributed by atoms with Crippen LogP contribution in [-0.2, 0) is 6.54 Å². The number of carbonyl (C=O) groups is 1. The molecule has 0 amide bonds. The molecule has 2 heterocycles. The van der Waals surface area contributed by atoms with Crippen molar-refractivity contribution in [1.29, 1.82) is 0 Å². The molecule has 0 fully saturated rings. The Bertz CT molecular complexity index is 1040. The molecule has 0 atom stereocenters. The van der Waals surface area contributed by atoms with Crippen LogP contribution in [0.25, 0.3) is 17.0 Å². The first-order chi connectivity index (χ1) is 14.1. The number of rotatable bonds is 7. The summed E-state index contributed by atoms with van der Waals surface area (Å²) in [6.07, 6.45) is 3.68. The fourth-order valence-electron chi connectivity index (χ4n) is 3.92. The number of ether oxygens (including phenoxy) is 1. The van der Waals surface area contributed by atoms with Crippen LogP contribution in [0.4, 0.5) is 0 Å². The summed E-state index contributed by atoms with van der Waals surface area (Å²) in [4.78, 5) is 14.2. The average Bonchev–Trinajstić information content (AvgIpc) is 3.25. The minimum Gasteiger partial charge on any atom is -0.872 e. The Morgan fingerprint density at radius 1 is 1.07 bits per heavy atom. The van der Waals surface area contributed by atoms with E-state index < -0.39 is 0 Å². The SMILES string of the molecule is CCC[NH+](CCC)Cc1c([O-])ccc2c1OC(=Cc1cc3ccccc3o1)C2=O. The molecule has 1 N–H and O–H groups in total. The van der Waals surface area contributed by atoms with Gasteiger partial charge in [0, 0.05) is 17.0 Å². The molecule has 0 bridgehead atoms. The highest BCUT2D eigenvalue weighted by Gasteiger charge is 2.31. The van der Waals surface area contributed by atoms with Gasteiger partial charge in [-0.05, 0) is 31.0 Å². The van der Waals surface area contributed by atoms with Crippen LogP contribution in [0, 0.1) is 0 Å². The van der Waals surface area contributed by atoms with Gasteiger partial charge in [-0.15, -0.1) is 0 Å². The molecule has 0 radical (unpaired) electrons. The standard InChI is InChI=1S/C24H25NO4/c1-3-11-25(12-4-2)15-19-20(26)10-9-18-23(27)22(29-24(18)19)14-17-13-16-7-5-6-8-21(16)28-17/h5-10,13-14,26H,3-4,11-12,15H2,1-2H3. The lowest BCUT2D eigenvalue weighted by atomic mass is 10.0. The molecule has 0 unspecified atom stereocenters. The maximum Gasteiger partial charge on any atom is 0.232 e. The third-order valence-electron chi connectivity index (χ3n) is 5.25. The van der Waals surface area contributed by atoms with E-state index in [9.17, 15) is 9.90 Å². The van der Waals surface area contributed by atoms with E-state index in [1.807, 2.05) is 30.3 Å². The molecule has 1 aromatic heterocycles. The van der Waals surface area contributed by atoms with E-state index in [0.717, 1.165) is 36.9 Å². The maximum atomic E-state index is 12.9. The normalized spacial score (nSPS) is 14.7. The Labute approximate surface area is 170 Å². The second kappa shape index (κ2) is 8.13. The van der Waals surface area contributed by atoms with Gasteiger partial charge in [0.1, 0.15) is 23.6 Å². The molecule has 1 aliphatic rings. The largest absolute Gasteiger partial charge is 0.872 e. The molecule has 3 aromatic rings. The summed E-state index contributed by atoms with van der Waals surface area (Å²) in [6, 6.07) is 12.6. The first kappa shape index (κ1) is 19.3. The lowest BCUT2D eigenvalue weighted by Crippen LogP contribution is -3.10. The fraction of sp³-hybridized carbons (Fsp3) is 0.292. The molecule has 2 aromatic carbocycles. The van der Waals surface area contributed by atoms with Crippen molar-refractivity contribution in [2.75, 3.05) is 13.1 Å². The first-order valence-electron chi connectivity index (χ1n) is 10.2. The van der Waals surface area contributed by atoms with Crippen LogP contribution in [-0.4, -0.2) is 18.9 Å². The van der Waals surface area contributed by atoms with Crippen molar-refractivity contribution in [1.82, 2.24) is 0 Å². The number of fused-ring (bicyclic) bond motifs is 2. The van der Waals surface area contributed by atoms with Crippen LogP contribution in [0.3, 0.4) is 0 Å². The second-order valence-electron chi connectivity index (χ2n) is 7.47. The third kappa shape index (κ3) is 3.78. The fourth-order valence-corrected chi connectivity index (χ4v) is 3.92. The monoisotopic (exact) mass is 391 g/mol. The van der Waals surface area contributed by atoms with Crippen LogP contribution in [0.5, 0.6) is 11.5 Å². The minimum atomic E-state index is -0.214. The molecule has 0 spiro atoms. The highest BCUT2D eigenvalue weighted by Crippen LogP contribution is 2.38. The van der Waals surface area contributed by atoms with E-state index in [-0.39, 0.29) is 17.3 Å². The summed E-state index contributed by atoms with van der Waals surface area (Å²) in [6.45, 7) is 6.79. The van der Waals surface area contributed by atoms with Gasteiger partial charge in [-0.3, -0.25) is 4.79 Å². The molecule has 5 nitrogen and oxygen atoms in total. The zero-order valence-corrected chi connectivity index (χ0v) is 16.8. The summed E-state index contributed by atoms with van der Waals surface area (Å²) in [5, 5.41) is 13.5. The minimum absolute atomic E-state index is 0.0776. The van der Waals surface area contributed by atoms with Gasteiger partial charge in [0.05, 0.1) is 18.7 Å². The van der Waals surface area contributed by atoms with Crippen molar-refractivity contribution >= 4 is 22.8 Å². The van der Waals surface area contributed by atoms with Crippen LogP contribution >= 0.6 is 0 Å². The number of Topliss-reactive ketones (excluding diaryl/α,β-unsaturated/α-hetero) is 1. The number of benzene rings is 2. The van der Waals surface area contributed by atoms with E-state index in [2.05, 4.69) is 13.8 Å². The van der Waals surface area contributed by atoms with Gasteiger partial charge < -0.3 is 19.2 Å².